The van der Waals surface area contributed by atoms with Crippen LogP contribution in [0.25, 0.3) is 0 Å². The number of carbonyl (C=O) groups excluding carboxylic acids is 1. The molecule has 1 amide bonds. The van der Waals surface area contributed by atoms with Crippen LogP contribution in [0.3, 0.4) is 0 Å². The van der Waals surface area contributed by atoms with Gasteiger partial charge in [-0.2, -0.15) is 0 Å². The summed E-state index contributed by atoms with van der Waals surface area (Å²) in [4.78, 5) is 14.8. The van der Waals surface area contributed by atoms with Crippen LogP contribution in [0.5, 0.6) is 0 Å². The highest BCUT2D eigenvalue weighted by Gasteiger charge is 2.34. The highest BCUT2D eigenvalue weighted by atomic mass is 79.9. The Labute approximate surface area is 151 Å². The van der Waals surface area contributed by atoms with E-state index in [1.807, 2.05) is 54.3 Å². The van der Waals surface area contributed by atoms with Gasteiger partial charge in [0.1, 0.15) is 6.10 Å². The average molecular weight is 388 g/mol. The zero-order valence-electron chi connectivity index (χ0n) is 13.8. The minimum absolute atomic E-state index is 0.0772. The SMILES string of the molecule is CC(OCc1ccccc1)C(=O)N(Cc1cccc(Br)c1)C1CC1. The molecule has 0 saturated heterocycles. The summed E-state index contributed by atoms with van der Waals surface area (Å²) in [6.45, 7) is 2.95. The van der Waals surface area contributed by atoms with E-state index in [4.69, 9.17) is 4.74 Å². The molecule has 0 aliphatic heterocycles. The lowest BCUT2D eigenvalue weighted by atomic mass is 10.2. The van der Waals surface area contributed by atoms with Crippen molar-refractivity contribution in [1.29, 1.82) is 0 Å². The molecular weight excluding hydrogens is 366 g/mol. The van der Waals surface area contributed by atoms with Gasteiger partial charge in [0.05, 0.1) is 6.61 Å². The van der Waals surface area contributed by atoms with Gasteiger partial charge in [0, 0.05) is 17.1 Å². The molecule has 126 valence electrons. The first-order chi connectivity index (χ1) is 11.6. The van der Waals surface area contributed by atoms with Crippen LogP contribution in [0.2, 0.25) is 0 Å². The summed E-state index contributed by atoms with van der Waals surface area (Å²) in [7, 11) is 0. The van der Waals surface area contributed by atoms with Crippen LogP contribution < -0.4 is 0 Å². The van der Waals surface area contributed by atoms with Crippen molar-refractivity contribution in [3.63, 3.8) is 0 Å². The molecule has 0 radical (unpaired) electrons. The third-order valence-corrected chi connectivity index (χ3v) is 4.70. The van der Waals surface area contributed by atoms with Crippen LogP contribution in [0.15, 0.2) is 59.1 Å². The van der Waals surface area contributed by atoms with Crippen LogP contribution in [0.1, 0.15) is 30.9 Å². The maximum atomic E-state index is 12.8. The highest BCUT2D eigenvalue weighted by Crippen LogP contribution is 2.29. The van der Waals surface area contributed by atoms with Gasteiger partial charge in [-0.05, 0) is 43.0 Å². The second kappa shape index (κ2) is 7.95. The second-order valence-corrected chi connectivity index (χ2v) is 7.18. The van der Waals surface area contributed by atoms with Gasteiger partial charge in [-0.25, -0.2) is 0 Å². The number of amides is 1. The van der Waals surface area contributed by atoms with E-state index in [0.717, 1.165) is 28.4 Å². The number of rotatable bonds is 7. The van der Waals surface area contributed by atoms with E-state index >= 15 is 0 Å². The number of ether oxygens (including phenoxy) is 1. The molecule has 2 aromatic carbocycles. The summed E-state index contributed by atoms with van der Waals surface area (Å²) in [5.41, 5.74) is 2.22. The fraction of sp³-hybridized carbons (Fsp3) is 0.350. The molecule has 4 heteroatoms. The molecule has 3 rings (SSSR count). The van der Waals surface area contributed by atoms with Crippen molar-refractivity contribution in [2.45, 2.75) is 45.1 Å². The third kappa shape index (κ3) is 4.68. The lowest BCUT2D eigenvalue weighted by Crippen LogP contribution is -2.40. The van der Waals surface area contributed by atoms with Crippen molar-refractivity contribution in [3.8, 4) is 0 Å². The summed E-state index contributed by atoms with van der Waals surface area (Å²) in [6, 6.07) is 18.5. The lowest BCUT2D eigenvalue weighted by molar-refractivity contribution is -0.144. The Balaban J connectivity index is 1.61. The van der Waals surface area contributed by atoms with E-state index in [2.05, 4.69) is 28.1 Å². The number of halogens is 1. The monoisotopic (exact) mass is 387 g/mol. The zero-order valence-corrected chi connectivity index (χ0v) is 15.4. The van der Waals surface area contributed by atoms with Crippen LogP contribution in [0, 0.1) is 0 Å². The molecule has 0 aromatic heterocycles. The van der Waals surface area contributed by atoms with Gasteiger partial charge < -0.3 is 9.64 Å². The zero-order chi connectivity index (χ0) is 16.9. The molecule has 0 N–H and O–H groups in total. The molecule has 0 spiro atoms. The third-order valence-electron chi connectivity index (χ3n) is 4.20. The maximum absolute atomic E-state index is 12.8. The van der Waals surface area contributed by atoms with Crippen molar-refractivity contribution >= 4 is 21.8 Å². The first kappa shape index (κ1) is 17.2. The summed E-state index contributed by atoms with van der Waals surface area (Å²) in [6.07, 6.45) is 1.74. The Morgan fingerprint density at radius 1 is 1.17 bits per heavy atom. The Morgan fingerprint density at radius 2 is 1.88 bits per heavy atom. The number of carbonyl (C=O) groups is 1. The van der Waals surface area contributed by atoms with E-state index in [0.29, 0.717) is 19.2 Å². The first-order valence-electron chi connectivity index (χ1n) is 8.34. The molecule has 0 bridgehead atoms. The van der Waals surface area contributed by atoms with Gasteiger partial charge in [-0.15, -0.1) is 0 Å². The van der Waals surface area contributed by atoms with Crippen molar-refractivity contribution < 1.29 is 9.53 Å². The largest absolute Gasteiger partial charge is 0.364 e. The minimum Gasteiger partial charge on any atom is -0.364 e. The number of benzene rings is 2. The molecule has 2 aromatic rings. The normalized spacial score (nSPS) is 15.1. The van der Waals surface area contributed by atoms with Crippen LogP contribution in [0.4, 0.5) is 0 Å². The first-order valence-corrected chi connectivity index (χ1v) is 9.13. The van der Waals surface area contributed by atoms with Crippen LogP contribution >= 0.6 is 15.9 Å². The van der Waals surface area contributed by atoms with Crippen molar-refractivity contribution in [3.05, 3.63) is 70.2 Å². The number of nitrogens with zero attached hydrogens (tertiary/aromatic N) is 1. The molecular formula is C20H22BrNO2. The number of hydrogen-bond donors (Lipinski definition) is 0. The summed E-state index contributed by atoms with van der Waals surface area (Å²) < 4.78 is 6.85. The van der Waals surface area contributed by atoms with Crippen LogP contribution in [-0.4, -0.2) is 23.0 Å². The Bertz CT molecular complexity index is 685. The fourth-order valence-corrected chi connectivity index (χ4v) is 3.15. The summed E-state index contributed by atoms with van der Waals surface area (Å²) in [5.74, 6) is 0.0772. The Kier molecular flexibility index (Phi) is 5.69. The standard InChI is InChI=1S/C20H22BrNO2/c1-15(24-14-16-6-3-2-4-7-16)20(23)22(19-10-11-19)13-17-8-5-9-18(21)12-17/h2-9,12,15,19H,10-11,13-14H2,1H3. The minimum atomic E-state index is -0.432. The molecule has 1 atom stereocenters. The topological polar surface area (TPSA) is 29.5 Å². The molecule has 1 aliphatic rings. The summed E-state index contributed by atoms with van der Waals surface area (Å²) in [5, 5.41) is 0. The molecule has 1 saturated carbocycles. The molecule has 24 heavy (non-hydrogen) atoms. The molecule has 0 heterocycles. The molecule has 3 nitrogen and oxygen atoms in total. The van der Waals surface area contributed by atoms with Crippen molar-refractivity contribution in [2.75, 3.05) is 0 Å². The van der Waals surface area contributed by atoms with E-state index in [-0.39, 0.29) is 5.91 Å². The number of hydrogen-bond acceptors (Lipinski definition) is 2. The Morgan fingerprint density at radius 3 is 2.54 bits per heavy atom. The predicted octanol–water partition coefficient (Wildman–Crippen LogP) is 4.55. The van der Waals surface area contributed by atoms with E-state index in [1.54, 1.807) is 0 Å². The van der Waals surface area contributed by atoms with Gasteiger partial charge in [0.15, 0.2) is 0 Å². The Hall–Kier alpha value is -1.65. The van der Waals surface area contributed by atoms with Gasteiger partial charge in [-0.1, -0.05) is 58.4 Å². The van der Waals surface area contributed by atoms with Gasteiger partial charge in [0.2, 0.25) is 0 Å². The van der Waals surface area contributed by atoms with Gasteiger partial charge in [0.25, 0.3) is 5.91 Å². The van der Waals surface area contributed by atoms with Crippen LogP contribution in [-0.2, 0) is 22.7 Å². The smallest absolute Gasteiger partial charge is 0.251 e. The van der Waals surface area contributed by atoms with E-state index in [1.165, 1.54) is 0 Å². The van der Waals surface area contributed by atoms with Crippen molar-refractivity contribution in [1.82, 2.24) is 4.90 Å². The molecule has 1 aliphatic carbocycles. The fourth-order valence-electron chi connectivity index (χ4n) is 2.71. The van der Waals surface area contributed by atoms with Gasteiger partial charge in [-0.3, -0.25) is 4.79 Å². The average Bonchev–Trinajstić information content (AvgIpc) is 3.43. The molecule has 1 fully saturated rings. The molecule has 1 unspecified atom stereocenters. The van der Waals surface area contributed by atoms with E-state index in [9.17, 15) is 4.79 Å². The van der Waals surface area contributed by atoms with Gasteiger partial charge >= 0.3 is 0 Å². The van der Waals surface area contributed by atoms with Crippen molar-refractivity contribution in [2.24, 2.45) is 0 Å². The quantitative estimate of drug-likeness (QED) is 0.697. The highest BCUT2D eigenvalue weighted by molar-refractivity contribution is 9.10. The van der Waals surface area contributed by atoms with E-state index < -0.39 is 6.10 Å². The lowest BCUT2D eigenvalue weighted by Gasteiger charge is -2.26. The predicted molar refractivity (Wildman–Crippen MR) is 98.4 cm³/mol. The summed E-state index contributed by atoms with van der Waals surface area (Å²) >= 11 is 3.49. The second-order valence-electron chi connectivity index (χ2n) is 6.27. The maximum Gasteiger partial charge on any atom is 0.251 e.